The van der Waals surface area contributed by atoms with E-state index in [0.29, 0.717) is 12.5 Å². The second kappa shape index (κ2) is 8.17. The number of likely N-dealkylation sites (N-methyl/N-ethyl adjacent to an activating group) is 1. The van der Waals surface area contributed by atoms with Gasteiger partial charge in [0.25, 0.3) is 5.91 Å². The van der Waals surface area contributed by atoms with Crippen molar-refractivity contribution in [2.24, 2.45) is 5.92 Å². The first-order valence-corrected chi connectivity index (χ1v) is 11.8. The van der Waals surface area contributed by atoms with Crippen molar-refractivity contribution in [2.75, 3.05) is 25.0 Å². The van der Waals surface area contributed by atoms with Crippen molar-refractivity contribution in [1.82, 2.24) is 20.0 Å². The Bertz CT molecular complexity index is 1040. The third-order valence-corrected chi connectivity index (χ3v) is 7.36. The molecule has 1 N–H and O–H groups in total. The molecule has 3 aliphatic rings. The Morgan fingerprint density at radius 3 is 2.50 bits per heavy atom. The van der Waals surface area contributed by atoms with Gasteiger partial charge in [-0.2, -0.15) is 0 Å². The van der Waals surface area contributed by atoms with Crippen molar-refractivity contribution in [1.29, 1.82) is 0 Å². The first-order valence-electron chi connectivity index (χ1n) is 11.0. The number of amides is 3. The zero-order chi connectivity index (χ0) is 22.6. The smallest absolute Gasteiger partial charge is 0.328 e. The maximum Gasteiger partial charge on any atom is 0.328 e. The number of rotatable bonds is 3. The number of fused-ring (bicyclic) bond motifs is 3. The van der Waals surface area contributed by atoms with Crippen molar-refractivity contribution in [3.8, 4) is 0 Å². The zero-order valence-electron chi connectivity index (χ0n) is 18.5. The number of imide groups is 1. The second-order valence-electron chi connectivity index (χ2n) is 9.11. The number of aryl methyl sites for hydroxylation is 1. The van der Waals surface area contributed by atoms with Crippen LogP contribution in [-0.2, 0) is 11.3 Å². The number of nitrogens with one attached hydrogen (secondary N) is 1. The maximum absolute atomic E-state index is 13.7. The van der Waals surface area contributed by atoms with E-state index in [-0.39, 0.29) is 24.4 Å². The molecule has 168 valence electrons. The van der Waals surface area contributed by atoms with E-state index in [1.54, 1.807) is 11.9 Å². The van der Waals surface area contributed by atoms with Crippen molar-refractivity contribution < 1.29 is 9.59 Å². The number of urea groups is 1. The zero-order valence-corrected chi connectivity index (χ0v) is 20.1. The second-order valence-corrected chi connectivity index (χ2v) is 10.0. The number of nitrogens with zero attached hydrogens (tertiary/aromatic N) is 4. The Balaban J connectivity index is 1.46. The van der Waals surface area contributed by atoms with E-state index < -0.39 is 6.04 Å². The summed E-state index contributed by atoms with van der Waals surface area (Å²) in [6.45, 7) is 6.20. The predicted molar refractivity (Wildman–Crippen MR) is 127 cm³/mol. The monoisotopic (exact) mass is 497 g/mol. The molecular weight excluding hydrogens is 470 g/mol. The van der Waals surface area contributed by atoms with Crippen LogP contribution in [0.3, 0.4) is 0 Å². The van der Waals surface area contributed by atoms with Gasteiger partial charge < -0.3 is 9.80 Å². The molecule has 3 amide bonds. The molecule has 7 nitrogen and oxygen atoms in total. The molecule has 0 radical (unpaired) electrons. The number of hydrogen-bond donors (Lipinski definition) is 1. The normalized spacial score (nSPS) is 28.2. The van der Waals surface area contributed by atoms with Crippen molar-refractivity contribution in [2.45, 2.75) is 38.9 Å². The maximum atomic E-state index is 13.7. The highest BCUT2D eigenvalue weighted by Crippen LogP contribution is 2.35. The number of halogens is 1. The lowest BCUT2D eigenvalue weighted by atomic mass is 10.0. The quantitative estimate of drug-likeness (QED) is 0.705. The van der Waals surface area contributed by atoms with Crippen LogP contribution in [0, 0.1) is 12.8 Å². The summed E-state index contributed by atoms with van der Waals surface area (Å²) in [6.07, 6.45) is -0.489. The molecule has 4 unspecified atom stereocenters. The molecule has 2 aromatic carbocycles. The minimum Gasteiger partial charge on any atom is -0.343 e. The van der Waals surface area contributed by atoms with Crippen LogP contribution in [-0.4, -0.2) is 65.3 Å². The lowest BCUT2D eigenvalue weighted by Crippen LogP contribution is -2.66. The number of hydrogen-bond acceptors (Lipinski definition) is 5. The Morgan fingerprint density at radius 1 is 1.06 bits per heavy atom. The third kappa shape index (κ3) is 3.50. The summed E-state index contributed by atoms with van der Waals surface area (Å²) < 4.78 is 1.03. The Hall–Kier alpha value is -2.42. The van der Waals surface area contributed by atoms with E-state index in [0.717, 1.165) is 34.4 Å². The average Bonchev–Trinajstić information content (AvgIpc) is 3.16. The fourth-order valence-corrected chi connectivity index (χ4v) is 5.42. The van der Waals surface area contributed by atoms with Gasteiger partial charge in [0.15, 0.2) is 0 Å². The molecule has 4 atom stereocenters. The van der Waals surface area contributed by atoms with E-state index in [1.165, 1.54) is 4.90 Å². The summed E-state index contributed by atoms with van der Waals surface area (Å²) in [7, 11) is 1.79. The topological polar surface area (TPSA) is 59.1 Å². The Labute approximate surface area is 197 Å². The molecule has 0 spiro atoms. The molecule has 3 aliphatic heterocycles. The molecule has 2 aromatic rings. The largest absolute Gasteiger partial charge is 0.343 e. The number of carbonyl (C=O) groups is 2. The first kappa shape index (κ1) is 21.4. The van der Waals surface area contributed by atoms with Crippen molar-refractivity contribution in [3.63, 3.8) is 0 Å². The minimum absolute atomic E-state index is 0.124. The van der Waals surface area contributed by atoms with Gasteiger partial charge in [-0.05, 0) is 48.2 Å². The number of benzene rings is 2. The highest BCUT2D eigenvalue weighted by atomic mass is 79.9. The molecular formula is C24H28BrN5O2. The van der Waals surface area contributed by atoms with Gasteiger partial charge in [0.2, 0.25) is 0 Å². The molecule has 0 aromatic heterocycles. The van der Waals surface area contributed by atoms with Gasteiger partial charge in [0.05, 0.1) is 6.54 Å². The van der Waals surface area contributed by atoms with Gasteiger partial charge in [-0.15, -0.1) is 0 Å². The summed E-state index contributed by atoms with van der Waals surface area (Å²) in [5.74, 6) is 0.261. The first-order chi connectivity index (χ1) is 15.3. The molecule has 3 fully saturated rings. The molecule has 0 saturated carbocycles. The van der Waals surface area contributed by atoms with Crippen molar-refractivity contribution in [3.05, 3.63) is 64.1 Å². The van der Waals surface area contributed by atoms with Crippen molar-refractivity contribution >= 4 is 33.6 Å². The number of carbonyl (C=O) groups excluding carboxylic acids is 2. The van der Waals surface area contributed by atoms with Gasteiger partial charge >= 0.3 is 6.03 Å². The van der Waals surface area contributed by atoms with Crippen LogP contribution in [0.5, 0.6) is 0 Å². The Kier molecular flexibility index (Phi) is 5.47. The van der Waals surface area contributed by atoms with E-state index in [9.17, 15) is 9.59 Å². The van der Waals surface area contributed by atoms with E-state index in [2.05, 4.69) is 50.1 Å². The van der Waals surface area contributed by atoms with Crippen LogP contribution >= 0.6 is 15.9 Å². The van der Waals surface area contributed by atoms with Crippen LogP contribution in [0.2, 0.25) is 0 Å². The highest BCUT2D eigenvalue weighted by Gasteiger charge is 2.56. The predicted octanol–water partition coefficient (Wildman–Crippen LogP) is 3.19. The Morgan fingerprint density at radius 2 is 1.78 bits per heavy atom. The van der Waals surface area contributed by atoms with E-state index in [4.69, 9.17) is 0 Å². The van der Waals surface area contributed by atoms with Crippen LogP contribution in [0.1, 0.15) is 18.1 Å². The summed E-state index contributed by atoms with van der Waals surface area (Å²) in [4.78, 5) is 34.5. The molecule has 0 aliphatic carbocycles. The lowest BCUT2D eigenvalue weighted by molar-refractivity contribution is -0.139. The lowest BCUT2D eigenvalue weighted by Gasteiger charge is -2.46. The van der Waals surface area contributed by atoms with Crippen LogP contribution in [0.4, 0.5) is 10.5 Å². The third-order valence-electron chi connectivity index (χ3n) is 6.83. The highest BCUT2D eigenvalue weighted by molar-refractivity contribution is 9.10. The molecule has 32 heavy (non-hydrogen) atoms. The molecule has 3 heterocycles. The van der Waals surface area contributed by atoms with Crippen LogP contribution in [0.25, 0.3) is 0 Å². The average molecular weight is 498 g/mol. The summed E-state index contributed by atoms with van der Waals surface area (Å²) in [6, 6.07) is 15.5. The van der Waals surface area contributed by atoms with Gasteiger partial charge in [0.1, 0.15) is 18.5 Å². The van der Waals surface area contributed by atoms with Gasteiger partial charge in [-0.25, -0.2) is 4.79 Å². The molecule has 5 rings (SSSR count). The van der Waals surface area contributed by atoms with Gasteiger partial charge in [-0.3, -0.25) is 19.9 Å². The van der Waals surface area contributed by atoms with E-state index in [1.807, 2.05) is 43.3 Å². The number of anilines is 1. The minimum atomic E-state index is -0.410. The van der Waals surface area contributed by atoms with Gasteiger partial charge in [0, 0.05) is 30.3 Å². The van der Waals surface area contributed by atoms with Gasteiger partial charge in [-0.1, -0.05) is 47.1 Å². The molecule has 0 bridgehead atoms. The van der Waals surface area contributed by atoms with E-state index >= 15 is 0 Å². The summed E-state index contributed by atoms with van der Waals surface area (Å²) >= 11 is 3.51. The summed E-state index contributed by atoms with van der Waals surface area (Å²) in [5, 5.41) is 3.58. The molecule has 3 saturated heterocycles. The summed E-state index contributed by atoms with van der Waals surface area (Å²) in [5.41, 5.74) is 3.17. The standard InChI is InChI=1S/C24H28BrN5O2/c1-15-12-28(19-10-8-18(25)9-11-19)23-26-21-20(29(23)13-15)22(31)30(24(32)27(21)3)14-17-7-5-4-6-16(17)2/h4-11,15,20-21,23,26H,12-14H2,1-3H3. The molecule has 8 heteroatoms. The van der Waals surface area contributed by atoms with Crippen LogP contribution in [0.15, 0.2) is 53.0 Å². The van der Waals surface area contributed by atoms with Crippen LogP contribution < -0.4 is 10.2 Å². The SMILES string of the molecule is Cc1ccccc1CN1C(=O)C2C(NC3N(c4ccc(Br)cc4)CC(C)CN23)N(C)C1=O. The fraction of sp³-hybridized carbons (Fsp3) is 0.417. The fourth-order valence-electron chi connectivity index (χ4n) is 5.16.